The van der Waals surface area contributed by atoms with E-state index in [4.69, 9.17) is 15.2 Å². The summed E-state index contributed by atoms with van der Waals surface area (Å²) in [6, 6.07) is 10.2. The van der Waals surface area contributed by atoms with E-state index < -0.39 is 11.9 Å². The topological polar surface area (TPSA) is 88.6 Å². The summed E-state index contributed by atoms with van der Waals surface area (Å²) < 4.78 is 10.8. The molecule has 1 heterocycles. The molecule has 1 atom stereocenters. The molecule has 0 radical (unpaired) electrons. The number of benzene rings is 1. The summed E-state index contributed by atoms with van der Waals surface area (Å²) in [7, 11) is 0. The summed E-state index contributed by atoms with van der Waals surface area (Å²) in [6.45, 7) is 11.0. The minimum Gasteiger partial charge on any atom is -0.463 e. The summed E-state index contributed by atoms with van der Waals surface area (Å²) >= 11 is 0. The minimum absolute atomic E-state index is 0.0379. The van der Waals surface area contributed by atoms with Crippen LogP contribution in [-0.4, -0.2) is 30.6 Å². The third-order valence-electron chi connectivity index (χ3n) is 5.45. The number of carbonyl (C=O) groups is 1. The third kappa shape index (κ3) is 6.35. The van der Waals surface area contributed by atoms with Crippen LogP contribution in [0.4, 0.5) is 0 Å². The Morgan fingerprint density at radius 3 is 2.48 bits per heavy atom. The molecule has 2 N–H and O–H groups in total. The predicted octanol–water partition coefficient (Wildman–Crippen LogP) is 4.73. The van der Waals surface area contributed by atoms with Gasteiger partial charge in [-0.1, -0.05) is 51.0 Å². The van der Waals surface area contributed by atoms with E-state index in [0.29, 0.717) is 11.3 Å². The Balaban J connectivity index is 2.41. The quantitative estimate of drug-likeness (QED) is 0.516. The molecule has 168 valence electrons. The molecule has 1 aliphatic heterocycles. The van der Waals surface area contributed by atoms with Crippen molar-refractivity contribution in [2.45, 2.75) is 65.8 Å². The van der Waals surface area contributed by atoms with Gasteiger partial charge in [-0.15, -0.1) is 0 Å². The summed E-state index contributed by atoms with van der Waals surface area (Å²) in [5.74, 6) is -0.672. The van der Waals surface area contributed by atoms with E-state index >= 15 is 0 Å². The number of hydrogen-bond acceptors (Lipinski definition) is 6. The second-order valence-electron chi connectivity index (χ2n) is 7.84. The first-order valence-corrected chi connectivity index (χ1v) is 11.2. The Morgan fingerprint density at radius 1 is 1.23 bits per heavy atom. The van der Waals surface area contributed by atoms with Crippen molar-refractivity contribution in [3.8, 4) is 6.07 Å². The maximum Gasteiger partial charge on any atom is 0.338 e. The number of ether oxygens (including phenoxy) is 2. The molecule has 0 saturated heterocycles. The van der Waals surface area contributed by atoms with Gasteiger partial charge in [0.25, 0.3) is 0 Å². The molecular formula is C25H35N3O3. The maximum atomic E-state index is 12.7. The van der Waals surface area contributed by atoms with Crippen LogP contribution in [0, 0.1) is 11.3 Å². The average molecular weight is 426 g/mol. The van der Waals surface area contributed by atoms with Crippen molar-refractivity contribution < 1.29 is 14.3 Å². The molecule has 0 aromatic heterocycles. The van der Waals surface area contributed by atoms with Gasteiger partial charge in [0.15, 0.2) is 0 Å². The molecule has 0 bridgehead atoms. The van der Waals surface area contributed by atoms with Gasteiger partial charge in [-0.05, 0) is 50.9 Å². The lowest BCUT2D eigenvalue weighted by molar-refractivity contribution is -0.139. The van der Waals surface area contributed by atoms with E-state index in [9.17, 15) is 10.1 Å². The van der Waals surface area contributed by atoms with Crippen LogP contribution < -0.4 is 5.73 Å². The minimum atomic E-state index is -0.600. The summed E-state index contributed by atoms with van der Waals surface area (Å²) in [4.78, 5) is 15.2. The fourth-order valence-electron chi connectivity index (χ4n) is 3.85. The monoisotopic (exact) mass is 425 g/mol. The first-order valence-electron chi connectivity index (χ1n) is 11.2. The lowest BCUT2D eigenvalue weighted by Gasteiger charge is -2.27. The van der Waals surface area contributed by atoms with E-state index in [2.05, 4.69) is 36.9 Å². The number of hydrogen-bond donors (Lipinski definition) is 1. The van der Waals surface area contributed by atoms with Gasteiger partial charge < -0.3 is 15.2 Å². The van der Waals surface area contributed by atoms with Gasteiger partial charge in [-0.2, -0.15) is 5.26 Å². The third-order valence-corrected chi connectivity index (χ3v) is 5.45. The maximum absolute atomic E-state index is 12.7. The molecule has 1 aliphatic rings. The predicted molar refractivity (Wildman–Crippen MR) is 122 cm³/mol. The van der Waals surface area contributed by atoms with E-state index in [1.165, 1.54) is 0 Å². The van der Waals surface area contributed by atoms with E-state index in [1.807, 2.05) is 12.1 Å². The summed E-state index contributed by atoms with van der Waals surface area (Å²) in [5, 5.41) is 9.77. The molecular weight excluding hydrogens is 390 g/mol. The highest BCUT2D eigenvalue weighted by Crippen LogP contribution is 2.39. The number of nitrogens with zero attached hydrogens (tertiary/aromatic N) is 2. The second kappa shape index (κ2) is 12.2. The molecule has 6 nitrogen and oxygen atoms in total. The van der Waals surface area contributed by atoms with Crippen LogP contribution in [0.25, 0.3) is 0 Å². The van der Waals surface area contributed by atoms with Crippen LogP contribution in [0.1, 0.15) is 70.4 Å². The normalized spacial score (nSPS) is 16.3. The number of allylic oxidation sites excluding steroid dienone is 2. The Morgan fingerprint density at radius 2 is 1.90 bits per heavy atom. The van der Waals surface area contributed by atoms with Gasteiger partial charge in [0, 0.05) is 6.54 Å². The zero-order valence-electron chi connectivity index (χ0n) is 19.2. The lowest BCUT2D eigenvalue weighted by atomic mass is 9.82. The molecule has 31 heavy (non-hydrogen) atoms. The van der Waals surface area contributed by atoms with Crippen LogP contribution in [0.3, 0.4) is 0 Å². The highest BCUT2D eigenvalue weighted by molar-refractivity contribution is 5.92. The summed E-state index contributed by atoms with van der Waals surface area (Å²) in [6.07, 6.45) is 4.65. The van der Waals surface area contributed by atoms with Crippen molar-refractivity contribution in [3.63, 3.8) is 0 Å². The highest BCUT2D eigenvalue weighted by Gasteiger charge is 2.36. The van der Waals surface area contributed by atoms with Crippen molar-refractivity contribution in [3.05, 3.63) is 58.2 Å². The Kier molecular flexibility index (Phi) is 9.61. The van der Waals surface area contributed by atoms with E-state index in [0.717, 1.165) is 56.4 Å². The van der Waals surface area contributed by atoms with Gasteiger partial charge in [0.1, 0.15) is 17.4 Å². The van der Waals surface area contributed by atoms with Crippen LogP contribution in [0.2, 0.25) is 0 Å². The standard InChI is InChI=1S/C25H35N3O3/c1-5-8-13-28(14-9-6-2)17-19-11-10-12-20(15-19)23-21(16-26)24(27)31-18(4)22(23)25(29)30-7-3/h10-12,15,23H,5-9,13-14,17,27H2,1-4H3. The average Bonchev–Trinajstić information content (AvgIpc) is 2.75. The Hall–Kier alpha value is -2.78. The Bertz CT molecular complexity index is 859. The number of esters is 1. The summed E-state index contributed by atoms with van der Waals surface area (Å²) in [5.41, 5.74) is 8.57. The molecule has 0 spiro atoms. The highest BCUT2D eigenvalue weighted by atomic mass is 16.5. The number of carbonyl (C=O) groups excluding carboxylic acids is 1. The first-order chi connectivity index (χ1) is 15.0. The molecule has 0 fully saturated rings. The van der Waals surface area contributed by atoms with Crippen molar-refractivity contribution in [2.24, 2.45) is 5.73 Å². The van der Waals surface area contributed by atoms with E-state index in [1.54, 1.807) is 13.8 Å². The zero-order chi connectivity index (χ0) is 22.8. The molecule has 2 rings (SSSR count). The molecule has 0 saturated carbocycles. The van der Waals surface area contributed by atoms with Crippen LogP contribution in [0.15, 0.2) is 47.1 Å². The number of nitriles is 1. The van der Waals surface area contributed by atoms with Crippen LogP contribution in [-0.2, 0) is 20.8 Å². The van der Waals surface area contributed by atoms with Gasteiger partial charge in [-0.3, -0.25) is 4.90 Å². The molecule has 1 unspecified atom stereocenters. The number of nitrogens with two attached hydrogens (primary N) is 1. The van der Waals surface area contributed by atoms with Gasteiger partial charge in [-0.25, -0.2) is 4.79 Å². The Labute approximate surface area is 186 Å². The molecule has 1 aromatic rings. The molecule has 0 aliphatic carbocycles. The van der Waals surface area contributed by atoms with Crippen LogP contribution >= 0.6 is 0 Å². The molecule has 1 aromatic carbocycles. The molecule has 6 heteroatoms. The lowest BCUT2D eigenvalue weighted by Crippen LogP contribution is -2.27. The van der Waals surface area contributed by atoms with Gasteiger partial charge in [0.2, 0.25) is 5.88 Å². The fraction of sp³-hybridized carbons (Fsp3) is 0.520. The van der Waals surface area contributed by atoms with Gasteiger partial charge >= 0.3 is 5.97 Å². The second-order valence-corrected chi connectivity index (χ2v) is 7.84. The number of unbranched alkanes of at least 4 members (excludes halogenated alkanes) is 2. The van der Waals surface area contributed by atoms with Crippen molar-refractivity contribution in [1.29, 1.82) is 5.26 Å². The smallest absolute Gasteiger partial charge is 0.338 e. The van der Waals surface area contributed by atoms with Crippen molar-refractivity contribution in [2.75, 3.05) is 19.7 Å². The van der Waals surface area contributed by atoms with Crippen molar-refractivity contribution >= 4 is 5.97 Å². The van der Waals surface area contributed by atoms with E-state index in [-0.39, 0.29) is 18.1 Å². The number of rotatable bonds is 11. The van der Waals surface area contributed by atoms with Crippen molar-refractivity contribution in [1.82, 2.24) is 4.90 Å². The van der Waals surface area contributed by atoms with Crippen LogP contribution in [0.5, 0.6) is 0 Å². The first kappa shape index (κ1) is 24.5. The SMILES string of the molecule is CCCCN(CCCC)Cc1cccc(C2C(C#N)=C(N)OC(C)=C2C(=O)OCC)c1. The van der Waals surface area contributed by atoms with Gasteiger partial charge in [0.05, 0.1) is 18.1 Å². The fourth-order valence-corrected chi connectivity index (χ4v) is 3.85. The largest absolute Gasteiger partial charge is 0.463 e. The molecule has 0 amide bonds. The zero-order valence-corrected chi connectivity index (χ0v) is 19.2.